The second kappa shape index (κ2) is 7.24. The Hall–Kier alpha value is -1.85. The Morgan fingerprint density at radius 1 is 1.29 bits per heavy atom. The zero-order valence-electron chi connectivity index (χ0n) is 11.3. The van der Waals surface area contributed by atoms with Crippen LogP contribution < -0.4 is 10.6 Å². The Balaban J connectivity index is 2.14. The second-order valence-electron chi connectivity index (χ2n) is 4.16. The third-order valence-electron chi connectivity index (χ3n) is 2.66. The molecule has 0 fully saturated rings. The van der Waals surface area contributed by atoms with E-state index in [1.807, 2.05) is 6.92 Å². The predicted molar refractivity (Wildman–Crippen MR) is 85.0 cm³/mol. The van der Waals surface area contributed by atoms with Crippen molar-refractivity contribution in [2.75, 3.05) is 17.2 Å². The molecule has 0 atom stereocenters. The van der Waals surface area contributed by atoms with Crippen LogP contribution in [0.4, 0.5) is 11.5 Å². The molecule has 5 nitrogen and oxygen atoms in total. The van der Waals surface area contributed by atoms with Crippen molar-refractivity contribution in [3.63, 3.8) is 0 Å². The van der Waals surface area contributed by atoms with Crippen LogP contribution in [0.3, 0.4) is 0 Å². The molecule has 0 aliphatic heterocycles. The first kappa shape index (κ1) is 15.5. The Morgan fingerprint density at radius 2 is 2.10 bits per heavy atom. The first-order valence-electron chi connectivity index (χ1n) is 6.36. The highest BCUT2D eigenvalue weighted by atomic mass is 35.5. The molecule has 21 heavy (non-hydrogen) atoms. The number of halogens is 2. The molecule has 0 saturated carbocycles. The van der Waals surface area contributed by atoms with Crippen LogP contribution in [0.25, 0.3) is 0 Å². The molecule has 0 bridgehead atoms. The average Bonchev–Trinajstić information content (AvgIpc) is 2.48. The lowest BCUT2D eigenvalue weighted by atomic mass is 10.2. The molecular formula is C14H14Cl2N4O. The van der Waals surface area contributed by atoms with Gasteiger partial charge in [0.05, 0.1) is 23.1 Å². The van der Waals surface area contributed by atoms with Crippen molar-refractivity contribution in [3.05, 3.63) is 47.9 Å². The number of carbonyl (C=O) groups is 1. The number of nitrogens with zero attached hydrogens (tertiary/aromatic N) is 2. The molecule has 2 N–H and O–H groups in total. The fraction of sp³-hybridized carbons (Fsp3) is 0.214. The fourth-order valence-electron chi connectivity index (χ4n) is 1.70. The Kier molecular flexibility index (Phi) is 5.36. The summed E-state index contributed by atoms with van der Waals surface area (Å²) in [5.74, 6) is 0.283. The van der Waals surface area contributed by atoms with Gasteiger partial charge in [0, 0.05) is 12.7 Å². The van der Waals surface area contributed by atoms with Crippen LogP contribution in [0.1, 0.15) is 27.8 Å². The number of hydrogen-bond acceptors (Lipinski definition) is 4. The zero-order valence-corrected chi connectivity index (χ0v) is 12.8. The number of hydrogen-bond donors (Lipinski definition) is 2. The van der Waals surface area contributed by atoms with E-state index >= 15 is 0 Å². The first-order valence-corrected chi connectivity index (χ1v) is 7.23. The molecular weight excluding hydrogens is 311 g/mol. The minimum absolute atomic E-state index is 0.262. The second-order valence-corrected chi connectivity index (χ2v) is 5.25. The maximum atomic E-state index is 12.3. The highest BCUT2D eigenvalue weighted by molar-refractivity contribution is 6.43. The van der Waals surface area contributed by atoms with E-state index in [-0.39, 0.29) is 5.91 Å². The minimum Gasteiger partial charge on any atom is -0.370 e. The van der Waals surface area contributed by atoms with Crippen molar-refractivity contribution in [2.24, 2.45) is 0 Å². The Labute approximate surface area is 132 Å². The maximum Gasteiger partial charge on any atom is 0.259 e. The van der Waals surface area contributed by atoms with Gasteiger partial charge >= 0.3 is 0 Å². The number of pyridine rings is 2. The lowest BCUT2D eigenvalue weighted by Gasteiger charge is -2.10. The SMILES string of the molecule is CCNc1ncccc1C(=O)Nc1ccc(C(Cl)Cl)nc1. The fourth-order valence-corrected chi connectivity index (χ4v) is 1.96. The number of aromatic nitrogens is 2. The van der Waals surface area contributed by atoms with Gasteiger partial charge in [-0.3, -0.25) is 9.78 Å². The van der Waals surface area contributed by atoms with E-state index in [9.17, 15) is 4.79 Å². The third kappa shape index (κ3) is 4.06. The van der Waals surface area contributed by atoms with Gasteiger partial charge in [0.15, 0.2) is 0 Å². The highest BCUT2D eigenvalue weighted by Gasteiger charge is 2.12. The van der Waals surface area contributed by atoms with Crippen molar-refractivity contribution in [1.29, 1.82) is 0 Å². The van der Waals surface area contributed by atoms with Crippen LogP contribution in [0.5, 0.6) is 0 Å². The summed E-state index contributed by atoms with van der Waals surface area (Å²) in [6.45, 7) is 2.62. The van der Waals surface area contributed by atoms with Crippen molar-refractivity contribution < 1.29 is 4.79 Å². The normalized spacial score (nSPS) is 10.5. The largest absolute Gasteiger partial charge is 0.370 e. The Morgan fingerprint density at radius 3 is 2.71 bits per heavy atom. The van der Waals surface area contributed by atoms with E-state index in [1.165, 1.54) is 6.20 Å². The molecule has 1 amide bonds. The minimum atomic E-state index is -0.687. The van der Waals surface area contributed by atoms with E-state index < -0.39 is 4.84 Å². The highest BCUT2D eigenvalue weighted by Crippen LogP contribution is 2.23. The summed E-state index contributed by atoms with van der Waals surface area (Å²) in [4.78, 5) is 19.8. The summed E-state index contributed by atoms with van der Waals surface area (Å²) >= 11 is 11.4. The van der Waals surface area contributed by atoms with Crippen LogP contribution in [-0.4, -0.2) is 22.4 Å². The number of alkyl halides is 2. The van der Waals surface area contributed by atoms with Gasteiger partial charge in [0.25, 0.3) is 5.91 Å². The number of carbonyl (C=O) groups excluding carboxylic acids is 1. The van der Waals surface area contributed by atoms with Gasteiger partial charge in [-0.15, -0.1) is 0 Å². The van der Waals surface area contributed by atoms with Gasteiger partial charge in [-0.25, -0.2) is 4.98 Å². The number of rotatable bonds is 5. The molecule has 0 unspecified atom stereocenters. The lowest BCUT2D eigenvalue weighted by molar-refractivity contribution is 0.102. The lowest BCUT2D eigenvalue weighted by Crippen LogP contribution is -2.15. The monoisotopic (exact) mass is 324 g/mol. The van der Waals surface area contributed by atoms with E-state index in [0.29, 0.717) is 29.3 Å². The van der Waals surface area contributed by atoms with Gasteiger partial charge in [-0.05, 0) is 31.2 Å². The van der Waals surface area contributed by atoms with E-state index in [1.54, 1.807) is 30.5 Å². The van der Waals surface area contributed by atoms with Gasteiger partial charge in [-0.2, -0.15) is 0 Å². The summed E-state index contributed by atoms with van der Waals surface area (Å²) in [6.07, 6.45) is 3.14. The van der Waals surface area contributed by atoms with E-state index in [0.717, 1.165) is 0 Å². The molecule has 2 aromatic rings. The summed E-state index contributed by atoms with van der Waals surface area (Å²) in [5.41, 5.74) is 1.56. The summed E-state index contributed by atoms with van der Waals surface area (Å²) in [7, 11) is 0. The molecule has 2 aromatic heterocycles. The van der Waals surface area contributed by atoms with Gasteiger partial charge in [0.2, 0.25) is 0 Å². The standard InChI is InChI=1S/C14H14Cl2N4O/c1-2-17-13-10(4-3-7-18-13)14(21)20-9-5-6-11(12(15)16)19-8-9/h3-8,12H,2H2,1H3,(H,17,18)(H,20,21). The molecule has 7 heteroatoms. The molecule has 2 heterocycles. The van der Waals surface area contributed by atoms with Crippen LogP contribution in [0, 0.1) is 0 Å². The number of nitrogens with one attached hydrogen (secondary N) is 2. The molecule has 110 valence electrons. The Bertz CT molecular complexity index is 617. The predicted octanol–water partition coefficient (Wildman–Crippen LogP) is 3.64. The van der Waals surface area contributed by atoms with Gasteiger partial charge in [0.1, 0.15) is 10.7 Å². The molecule has 0 radical (unpaired) electrons. The maximum absolute atomic E-state index is 12.3. The molecule has 0 aromatic carbocycles. The molecule has 2 rings (SSSR count). The van der Waals surface area contributed by atoms with Gasteiger partial charge in [-0.1, -0.05) is 23.2 Å². The van der Waals surface area contributed by atoms with Crippen LogP contribution in [0.15, 0.2) is 36.7 Å². The topological polar surface area (TPSA) is 66.9 Å². The molecule has 0 aliphatic rings. The molecule has 0 spiro atoms. The van der Waals surface area contributed by atoms with Crippen molar-refractivity contribution >= 4 is 40.6 Å². The number of anilines is 2. The molecule has 0 saturated heterocycles. The van der Waals surface area contributed by atoms with Crippen LogP contribution in [0.2, 0.25) is 0 Å². The summed E-state index contributed by atoms with van der Waals surface area (Å²) in [6, 6.07) is 6.77. The number of amides is 1. The van der Waals surface area contributed by atoms with E-state index in [4.69, 9.17) is 23.2 Å². The van der Waals surface area contributed by atoms with Crippen LogP contribution >= 0.6 is 23.2 Å². The third-order valence-corrected chi connectivity index (χ3v) is 3.11. The summed E-state index contributed by atoms with van der Waals surface area (Å²) < 4.78 is 0. The smallest absolute Gasteiger partial charge is 0.259 e. The van der Waals surface area contributed by atoms with E-state index in [2.05, 4.69) is 20.6 Å². The van der Waals surface area contributed by atoms with Crippen LogP contribution in [-0.2, 0) is 0 Å². The first-order chi connectivity index (χ1) is 10.1. The quantitative estimate of drug-likeness (QED) is 0.824. The van der Waals surface area contributed by atoms with Crippen molar-refractivity contribution in [2.45, 2.75) is 11.8 Å². The van der Waals surface area contributed by atoms with Crippen molar-refractivity contribution in [1.82, 2.24) is 9.97 Å². The molecule has 0 aliphatic carbocycles. The zero-order chi connectivity index (χ0) is 15.2. The van der Waals surface area contributed by atoms with Crippen molar-refractivity contribution in [3.8, 4) is 0 Å². The summed E-state index contributed by atoms with van der Waals surface area (Å²) in [5, 5.41) is 5.80. The van der Waals surface area contributed by atoms with Gasteiger partial charge < -0.3 is 10.6 Å². The average molecular weight is 325 g/mol.